The summed E-state index contributed by atoms with van der Waals surface area (Å²) in [6.07, 6.45) is 1.37. The lowest BCUT2D eigenvalue weighted by Crippen LogP contribution is -2.07. The third-order valence-electron chi connectivity index (χ3n) is 3.15. The highest BCUT2D eigenvalue weighted by Crippen LogP contribution is 2.21. The molecule has 0 aliphatic carbocycles. The van der Waals surface area contributed by atoms with Gasteiger partial charge in [0.2, 0.25) is 5.95 Å². The van der Waals surface area contributed by atoms with E-state index in [0.717, 1.165) is 17.7 Å². The Kier molecular flexibility index (Phi) is 4.55. The van der Waals surface area contributed by atoms with Crippen molar-refractivity contribution in [3.8, 4) is 0 Å². The van der Waals surface area contributed by atoms with Crippen molar-refractivity contribution >= 4 is 17.5 Å². The maximum absolute atomic E-state index is 13.6. The Hall–Kier alpha value is -3.16. The van der Waals surface area contributed by atoms with Crippen molar-refractivity contribution in [2.45, 2.75) is 6.54 Å². The van der Waals surface area contributed by atoms with Crippen LogP contribution in [0.2, 0.25) is 0 Å². The molecule has 24 heavy (non-hydrogen) atoms. The molecule has 3 aromatic rings. The van der Waals surface area contributed by atoms with Gasteiger partial charge in [-0.1, -0.05) is 18.2 Å². The molecule has 0 saturated carbocycles. The summed E-state index contributed by atoms with van der Waals surface area (Å²) in [5.41, 5.74) is 0.486. The minimum atomic E-state index is -0.761. The van der Waals surface area contributed by atoms with E-state index in [-0.39, 0.29) is 17.5 Å². The van der Waals surface area contributed by atoms with Crippen LogP contribution in [0.4, 0.5) is 30.6 Å². The Morgan fingerprint density at radius 3 is 2.33 bits per heavy atom. The molecular weight excluding hydrogens is 319 g/mol. The molecule has 1 heterocycles. The first-order chi connectivity index (χ1) is 11.6. The SMILES string of the molecule is Fc1ccc(CNc2cnnc(Nc3c(F)cccc3F)n2)cc1. The molecule has 5 nitrogen and oxygen atoms in total. The van der Waals surface area contributed by atoms with Gasteiger partial charge in [-0.05, 0) is 29.8 Å². The molecule has 0 atom stereocenters. The van der Waals surface area contributed by atoms with Crippen molar-refractivity contribution in [1.82, 2.24) is 15.2 Å². The van der Waals surface area contributed by atoms with Gasteiger partial charge in [-0.15, -0.1) is 5.10 Å². The van der Waals surface area contributed by atoms with E-state index in [0.29, 0.717) is 12.4 Å². The van der Waals surface area contributed by atoms with Crippen LogP contribution >= 0.6 is 0 Å². The van der Waals surface area contributed by atoms with Crippen molar-refractivity contribution in [1.29, 1.82) is 0 Å². The number of rotatable bonds is 5. The average molecular weight is 331 g/mol. The van der Waals surface area contributed by atoms with Gasteiger partial charge < -0.3 is 10.6 Å². The van der Waals surface area contributed by atoms with Gasteiger partial charge in [0.25, 0.3) is 0 Å². The van der Waals surface area contributed by atoms with Crippen LogP contribution in [0.15, 0.2) is 48.7 Å². The van der Waals surface area contributed by atoms with Gasteiger partial charge in [0.1, 0.15) is 23.1 Å². The van der Waals surface area contributed by atoms with Crippen LogP contribution in [0.1, 0.15) is 5.56 Å². The number of nitrogens with one attached hydrogen (secondary N) is 2. The minimum Gasteiger partial charge on any atom is -0.365 e. The van der Waals surface area contributed by atoms with Gasteiger partial charge in [-0.25, -0.2) is 13.2 Å². The smallest absolute Gasteiger partial charge is 0.249 e. The summed E-state index contributed by atoms with van der Waals surface area (Å²) in [7, 11) is 0. The fourth-order valence-electron chi connectivity index (χ4n) is 1.97. The average Bonchev–Trinajstić information content (AvgIpc) is 2.58. The largest absolute Gasteiger partial charge is 0.365 e. The second-order valence-electron chi connectivity index (χ2n) is 4.87. The van der Waals surface area contributed by atoms with E-state index < -0.39 is 11.6 Å². The molecule has 122 valence electrons. The third kappa shape index (κ3) is 3.78. The van der Waals surface area contributed by atoms with Crippen LogP contribution in [0.25, 0.3) is 0 Å². The van der Waals surface area contributed by atoms with Crippen molar-refractivity contribution in [3.05, 3.63) is 71.7 Å². The summed E-state index contributed by atoms with van der Waals surface area (Å²) in [6, 6.07) is 9.46. The Morgan fingerprint density at radius 1 is 0.917 bits per heavy atom. The number of aromatic nitrogens is 3. The molecule has 1 aromatic heterocycles. The predicted molar refractivity (Wildman–Crippen MR) is 83.2 cm³/mol. The summed E-state index contributed by atoms with van der Waals surface area (Å²) in [5.74, 6) is -1.54. The molecule has 2 aromatic carbocycles. The number of benzene rings is 2. The predicted octanol–water partition coefficient (Wildman–Crippen LogP) is 3.64. The highest BCUT2D eigenvalue weighted by Gasteiger charge is 2.10. The summed E-state index contributed by atoms with van der Waals surface area (Å²) in [6.45, 7) is 0.381. The molecule has 0 aliphatic rings. The van der Waals surface area contributed by atoms with Crippen LogP contribution in [0, 0.1) is 17.5 Å². The molecule has 0 saturated heterocycles. The van der Waals surface area contributed by atoms with E-state index in [1.165, 1.54) is 24.4 Å². The summed E-state index contributed by atoms with van der Waals surface area (Å²) in [4.78, 5) is 4.08. The number of hydrogen-bond donors (Lipinski definition) is 2. The summed E-state index contributed by atoms with van der Waals surface area (Å²) >= 11 is 0. The molecule has 3 rings (SSSR count). The van der Waals surface area contributed by atoms with Crippen molar-refractivity contribution < 1.29 is 13.2 Å². The number of nitrogens with zero attached hydrogens (tertiary/aromatic N) is 3. The van der Waals surface area contributed by atoms with Gasteiger partial charge in [-0.3, -0.25) is 0 Å². The fourth-order valence-corrected chi connectivity index (χ4v) is 1.97. The van der Waals surface area contributed by atoms with E-state index in [9.17, 15) is 13.2 Å². The molecule has 8 heteroatoms. The van der Waals surface area contributed by atoms with Gasteiger partial charge in [-0.2, -0.15) is 10.1 Å². The van der Waals surface area contributed by atoms with Gasteiger partial charge in [0.05, 0.1) is 6.20 Å². The first kappa shape index (κ1) is 15.7. The van der Waals surface area contributed by atoms with Gasteiger partial charge in [0, 0.05) is 6.54 Å². The van der Waals surface area contributed by atoms with Crippen LogP contribution in [-0.4, -0.2) is 15.2 Å². The molecule has 2 N–H and O–H groups in total. The van der Waals surface area contributed by atoms with Gasteiger partial charge in [0.15, 0.2) is 5.82 Å². The van der Waals surface area contributed by atoms with Crippen molar-refractivity contribution in [2.75, 3.05) is 10.6 Å². The Bertz CT molecular complexity index is 819. The second-order valence-corrected chi connectivity index (χ2v) is 4.87. The first-order valence-electron chi connectivity index (χ1n) is 7.01. The maximum atomic E-state index is 13.6. The normalized spacial score (nSPS) is 10.5. The topological polar surface area (TPSA) is 62.7 Å². The molecule has 0 fully saturated rings. The fraction of sp³-hybridized carbons (Fsp3) is 0.0625. The monoisotopic (exact) mass is 331 g/mol. The lowest BCUT2D eigenvalue weighted by atomic mass is 10.2. The number of halogens is 3. The number of para-hydroxylation sites is 1. The highest BCUT2D eigenvalue weighted by atomic mass is 19.1. The highest BCUT2D eigenvalue weighted by molar-refractivity contribution is 5.55. The molecule has 0 amide bonds. The third-order valence-corrected chi connectivity index (χ3v) is 3.15. The van der Waals surface area contributed by atoms with E-state index in [2.05, 4.69) is 25.8 Å². The Morgan fingerprint density at radius 2 is 1.62 bits per heavy atom. The molecule has 0 aliphatic heterocycles. The van der Waals surface area contributed by atoms with E-state index in [1.807, 2.05) is 0 Å². The summed E-state index contributed by atoms with van der Waals surface area (Å²) < 4.78 is 40.1. The lowest BCUT2D eigenvalue weighted by molar-refractivity contribution is 0.590. The van der Waals surface area contributed by atoms with Crippen LogP contribution in [-0.2, 0) is 6.54 Å². The van der Waals surface area contributed by atoms with Crippen LogP contribution in [0.3, 0.4) is 0 Å². The quantitative estimate of drug-likeness (QED) is 0.747. The van der Waals surface area contributed by atoms with Crippen LogP contribution < -0.4 is 10.6 Å². The Balaban J connectivity index is 1.71. The number of hydrogen-bond acceptors (Lipinski definition) is 5. The molecular formula is C16H12F3N5. The Labute approximate surface area is 135 Å². The van der Waals surface area contributed by atoms with E-state index in [1.54, 1.807) is 12.1 Å². The van der Waals surface area contributed by atoms with Crippen molar-refractivity contribution in [3.63, 3.8) is 0 Å². The van der Waals surface area contributed by atoms with E-state index in [4.69, 9.17) is 0 Å². The number of anilines is 3. The minimum absolute atomic E-state index is 0.0527. The first-order valence-corrected chi connectivity index (χ1v) is 7.01. The maximum Gasteiger partial charge on any atom is 0.249 e. The zero-order chi connectivity index (χ0) is 16.9. The molecule has 0 bridgehead atoms. The van der Waals surface area contributed by atoms with Crippen LogP contribution in [0.5, 0.6) is 0 Å². The standard InChI is InChI=1S/C16H12F3N5/c17-11-6-4-10(5-7-11)8-20-14-9-21-24-16(22-14)23-15-12(18)2-1-3-13(15)19/h1-7,9H,8H2,(H2,20,22,23,24). The zero-order valence-electron chi connectivity index (χ0n) is 12.3. The zero-order valence-corrected chi connectivity index (χ0v) is 12.3. The lowest BCUT2D eigenvalue weighted by Gasteiger charge is -2.09. The molecule has 0 radical (unpaired) electrons. The van der Waals surface area contributed by atoms with Gasteiger partial charge >= 0.3 is 0 Å². The second kappa shape index (κ2) is 6.95. The molecule has 0 unspecified atom stereocenters. The van der Waals surface area contributed by atoms with Crippen molar-refractivity contribution in [2.24, 2.45) is 0 Å². The van der Waals surface area contributed by atoms with E-state index >= 15 is 0 Å². The summed E-state index contributed by atoms with van der Waals surface area (Å²) in [5, 5.41) is 12.8. The molecule has 0 spiro atoms.